The fourth-order valence-corrected chi connectivity index (χ4v) is 2.32. The highest BCUT2D eigenvalue weighted by Gasteiger charge is 2.15. The number of methoxy groups -OCH3 is 1. The van der Waals surface area contributed by atoms with E-state index in [0.717, 1.165) is 22.4 Å². The summed E-state index contributed by atoms with van der Waals surface area (Å²) in [5.74, 6) is 0.808. The molecule has 0 aliphatic rings. The van der Waals surface area contributed by atoms with E-state index in [-0.39, 0.29) is 5.56 Å². The molecule has 0 saturated heterocycles. The quantitative estimate of drug-likeness (QED) is 0.713. The maximum absolute atomic E-state index is 12.1. The van der Waals surface area contributed by atoms with Crippen LogP contribution in [0.2, 0.25) is 0 Å². The van der Waals surface area contributed by atoms with Crippen LogP contribution in [-0.4, -0.2) is 11.8 Å². The average molecular weight is 267 g/mol. The summed E-state index contributed by atoms with van der Waals surface area (Å²) in [4.78, 5) is 12.1. The fourth-order valence-electron chi connectivity index (χ4n) is 2.32. The summed E-state index contributed by atoms with van der Waals surface area (Å²) in [5.41, 5.74) is 1.90. The molecule has 0 amide bonds. The van der Waals surface area contributed by atoms with Gasteiger partial charge in [-0.25, -0.2) is 0 Å². The molecule has 2 aromatic carbocycles. The number of nitrogens with one attached hydrogen (secondary N) is 1. The summed E-state index contributed by atoms with van der Waals surface area (Å²) in [7, 11) is 3.37. The van der Waals surface area contributed by atoms with Crippen molar-refractivity contribution in [3.8, 4) is 17.0 Å². The van der Waals surface area contributed by atoms with Crippen LogP contribution in [0, 0.1) is 0 Å². The zero-order valence-electron chi connectivity index (χ0n) is 11.4. The number of aromatic nitrogens is 2. The number of ether oxygens (including phenoxy) is 1. The first-order valence-corrected chi connectivity index (χ1v) is 6.36. The van der Waals surface area contributed by atoms with E-state index in [9.17, 15) is 4.79 Å². The fraction of sp³-hybridized carbons (Fsp3) is 0.125. The Morgan fingerprint density at radius 1 is 1.00 bits per heavy atom. The smallest absolute Gasteiger partial charge is 0.308 e. The number of hydrogen-bond acceptors (Lipinski definition) is 2. The summed E-state index contributed by atoms with van der Waals surface area (Å²) in [5, 5.41) is 4.76. The molecule has 4 nitrogen and oxygen atoms in total. The van der Waals surface area contributed by atoms with Crippen LogP contribution < -0.4 is 15.4 Å². The molecule has 1 heterocycles. The topological polar surface area (TPSA) is 45.4 Å². The minimum atomic E-state index is -0.0298. The normalized spacial score (nSPS) is 10.7. The number of fused-ring (bicyclic) bond motifs is 1. The van der Waals surface area contributed by atoms with Crippen molar-refractivity contribution in [1.29, 1.82) is 0 Å². The minimum absolute atomic E-state index is 0.0298. The van der Waals surface area contributed by atoms with Crippen molar-refractivity contribution in [2.45, 2.75) is 0 Å². The molecule has 100 valence electrons. The second-order valence-corrected chi connectivity index (χ2v) is 4.63. The highest BCUT2D eigenvalue weighted by Crippen LogP contribution is 2.24. The number of nitrogens with zero attached hydrogens (tertiary/aromatic N) is 1. The van der Waals surface area contributed by atoms with Gasteiger partial charge in [-0.3, -0.25) is 4.79 Å². The largest absolute Gasteiger partial charge is 0.497 e. The van der Waals surface area contributed by atoms with Gasteiger partial charge in [0, 0.05) is 5.56 Å². The Morgan fingerprint density at radius 3 is 2.30 bits per heavy atom. The lowest BCUT2D eigenvalue weighted by molar-refractivity contribution is -0.480. The first-order chi connectivity index (χ1) is 9.70. The van der Waals surface area contributed by atoms with Gasteiger partial charge < -0.3 is 4.74 Å². The van der Waals surface area contributed by atoms with E-state index in [0.29, 0.717) is 5.39 Å². The lowest BCUT2D eigenvalue weighted by Gasteiger charge is -2.04. The Morgan fingerprint density at radius 2 is 1.65 bits per heavy atom. The highest BCUT2D eigenvalue weighted by molar-refractivity contribution is 5.92. The third-order valence-electron chi connectivity index (χ3n) is 3.39. The number of hydrogen-bond donors (Lipinski definition) is 0. The Bertz CT molecular complexity index is 820. The number of H-pyrrole nitrogens is 1. The molecule has 4 heteroatoms. The van der Waals surface area contributed by atoms with Crippen molar-refractivity contribution < 1.29 is 9.84 Å². The van der Waals surface area contributed by atoms with E-state index >= 15 is 0 Å². The van der Waals surface area contributed by atoms with Crippen molar-refractivity contribution in [3.63, 3.8) is 0 Å². The van der Waals surface area contributed by atoms with E-state index in [4.69, 9.17) is 4.74 Å². The third kappa shape index (κ3) is 1.95. The van der Waals surface area contributed by atoms with Gasteiger partial charge in [-0.15, -0.1) is 9.78 Å². The summed E-state index contributed by atoms with van der Waals surface area (Å²) in [6.45, 7) is 0. The molecule has 0 saturated carbocycles. The zero-order chi connectivity index (χ0) is 14.1. The first-order valence-electron chi connectivity index (χ1n) is 6.36. The summed E-state index contributed by atoms with van der Waals surface area (Å²) in [6, 6.07) is 15.4. The van der Waals surface area contributed by atoms with E-state index in [2.05, 4.69) is 5.10 Å². The maximum atomic E-state index is 12.1. The van der Waals surface area contributed by atoms with Gasteiger partial charge in [0.1, 0.15) is 5.75 Å². The molecule has 1 aromatic heterocycles. The standard InChI is InChI=1S/C16H14N2O2/c1-18-16(19)14-6-4-3-5-13(14)15(17-18)11-7-9-12(20-2)10-8-11/h3-10H,1-2H3/p+1. The van der Waals surface area contributed by atoms with Crippen LogP contribution in [0.25, 0.3) is 22.0 Å². The number of rotatable bonds is 2. The lowest BCUT2D eigenvalue weighted by Crippen LogP contribution is -2.34. The second kappa shape index (κ2) is 4.81. The Kier molecular flexibility index (Phi) is 2.99. The third-order valence-corrected chi connectivity index (χ3v) is 3.39. The molecule has 0 radical (unpaired) electrons. The SMILES string of the molecule is COc1ccc(-c2[nH+]n(C)c(=O)c3ccccc23)cc1. The van der Waals surface area contributed by atoms with Crippen molar-refractivity contribution in [3.05, 3.63) is 58.9 Å². The average Bonchev–Trinajstić information content (AvgIpc) is 2.51. The molecule has 20 heavy (non-hydrogen) atoms. The summed E-state index contributed by atoms with van der Waals surface area (Å²) < 4.78 is 6.67. The molecule has 0 fully saturated rings. The van der Waals surface area contributed by atoms with E-state index in [1.165, 1.54) is 4.68 Å². The maximum Gasteiger partial charge on any atom is 0.308 e. The first kappa shape index (κ1) is 12.4. The van der Waals surface area contributed by atoms with Gasteiger partial charge in [0.15, 0.2) is 0 Å². The van der Waals surface area contributed by atoms with Gasteiger partial charge >= 0.3 is 5.56 Å². The molecule has 3 aromatic rings. The van der Waals surface area contributed by atoms with Gasteiger partial charge in [0.2, 0.25) is 5.69 Å². The predicted molar refractivity (Wildman–Crippen MR) is 77.7 cm³/mol. The van der Waals surface area contributed by atoms with Crippen LogP contribution in [0.3, 0.4) is 0 Å². The predicted octanol–water partition coefficient (Wildman–Crippen LogP) is 2.03. The van der Waals surface area contributed by atoms with Gasteiger partial charge in [-0.2, -0.15) is 0 Å². The van der Waals surface area contributed by atoms with Gasteiger partial charge in [0.05, 0.1) is 24.9 Å². The summed E-state index contributed by atoms with van der Waals surface area (Å²) >= 11 is 0. The van der Waals surface area contributed by atoms with Crippen molar-refractivity contribution in [1.82, 2.24) is 4.68 Å². The van der Waals surface area contributed by atoms with Gasteiger partial charge in [-0.05, 0) is 36.4 Å². The van der Waals surface area contributed by atoms with E-state index < -0.39 is 0 Å². The Balaban J connectivity index is 2.30. The van der Waals surface area contributed by atoms with Crippen molar-refractivity contribution in [2.75, 3.05) is 7.11 Å². The molecule has 0 unspecified atom stereocenters. The van der Waals surface area contributed by atoms with Crippen LogP contribution in [0.1, 0.15) is 0 Å². The number of aryl methyl sites for hydroxylation is 1. The summed E-state index contributed by atoms with van der Waals surface area (Å²) in [6.07, 6.45) is 0. The van der Waals surface area contributed by atoms with Crippen LogP contribution in [-0.2, 0) is 7.05 Å². The lowest BCUT2D eigenvalue weighted by atomic mass is 10.1. The Labute approximate surface area is 116 Å². The van der Waals surface area contributed by atoms with Crippen molar-refractivity contribution >= 4 is 10.8 Å². The monoisotopic (exact) mass is 267 g/mol. The van der Waals surface area contributed by atoms with E-state index in [1.807, 2.05) is 48.5 Å². The van der Waals surface area contributed by atoms with Crippen molar-refractivity contribution in [2.24, 2.45) is 7.05 Å². The van der Waals surface area contributed by atoms with Gasteiger partial charge in [-0.1, -0.05) is 12.1 Å². The minimum Gasteiger partial charge on any atom is -0.497 e. The molecule has 0 bridgehead atoms. The molecule has 0 atom stereocenters. The van der Waals surface area contributed by atoms with Crippen LogP contribution in [0.4, 0.5) is 0 Å². The zero-order valence-corrected chi connectivity index (χ0v) is 11.4. The Hall–Kier alpha value is -2.62. The highest BCUT2D eigenvalue weighted by atomic mass is 16.5. The molecular weight excluding hydrogens is 252 g/mol. The number of aromatic amines is 1. The molecule has 3 rings (SSSR count). The molecule has 0 aliphatic heterocycles. The van der Waals surface area contributed by atoms with Crippen LogP contribution in [0.5, 0.6) is 5.75 Å². The van der Waals surface area contributed by atoms with E-state index in [1.54, 1.807) is 14.2 Å². The molecule has 0 aliphatic carbocycles. The second-order valence-electron chi connectivity index (χ2n) is 4.63. The van der Waals surface area contributed by atoms with Crippen LogP contribution >= 0.6 is 0 Å². The number of benzene rings is 2. The molecular formula is C16H15N2O2+. The molecule has 1 N–H and O–H groups in total. The van der Waals surface area contributed by atoms with Gasteiger partial charge in [0.25, 0.3) is 0 Å². The van der Waals surface area contributed by atoms with Crippen LogP contribution in [0.15, 0.2) is 53.3 Å². The molecule has 0 spiro atoms.